The van der Waals surface area contributed by atoms with Gasteiger partial charge >= 0.3 is 0 Å². The molecule has 124 valence electrons. The van der Waals surface area contributed by atoms with Crippen molar-refractivity contribution < 1.29 is 9.53 Å². The summed E-state index contributed by atoms with van der Waals surface area (Å²) in [6.45, 7) is 12.3. The normalized spacial score (nSPS) is 11.6. The molecule has 1 heterocycles. The van der Waals surface area contributed by atoms with Crippen LogP contribution in [0, 0.1) is 20.8 Å². The van der Waals surface area contributed by atoms with E-state index in [1.807, 2.05) is 32.9 Å². The molecular weight excluding hydrogens is 310 g/mol. The molecule has 4 heteroatoms. The molecule has 23 heavy (non-hydrogen) atoms. The van der Waals surface area contributed by atoms with Crippen molar-refractivity contribution in [3.63, 3.8) is 0 Å². The van der Waals surface area contributed by atoms with Gasteiger partial charge in [0.15, 0.2) is 6.61 Å². The Morgan fingerprint density at radius 2 is 1.83 bits per heavy atom. The summed E-state index contributed by atoms with van der Waals surface area (Å²) in [5.74, 6) is 0.645. The van der Waals surface area contributed by atoms with Gasteiger partial charge in [-0.3, -0.25) is 4.79 Å². The minimum absolute atomic E-state index is 0.0128. The first-order chi connectivity index (χ1) is 10.6. The average Bonchev–Trinajstić information content (AvgIpc) is 2.74. The first kappa shape index (κ1) is 17.6. The summed E-state index contributed by atoms with van der Waals surface area (Å²) in [5, 5.41) is 0.692. The molecule has 1 aromatic heterocycles. The van der Waals surface area contributed by atoms with Crippen molar-refractivity contribution >= 4 is 17.4 Å². The Balaban J connectivity index is 2.17. The van der Waals surface area contributed by atoms with Crippen molar-refractivity contribution in [2.75, 3.05) is 6.61 Å². The summed E-state index contributed by atoms with van der Waals surface area (Å²) >= 11 is 6.00. The molecule has 0 aliphatic heterocycles. The van der Waals surface area contributed by atoms with Gasteiger partial charge in [0, 0.05) is 27.5 Å². The predicted octanol–water partition coefficient (Wildman–Crippen LogP) is 5.08. The number of ether oxygens (including phenoxy) is 1. The van der Waals surface area contributed by atoms with E-state index in [9.17, 15) is 4.79 Å². The van der Waals surface area contributed by atoms with E-state index in [-0.39, 0.29) is 17.9 Å². The van der Waals surface area contributed by atoms with Crippen LogP contribution in [0.4, 0.5) is 0 Å². The van der Waals surface area contributed by atoms with E-state index in [4.69, 9.17) is 16.3 Å². The number of carbonyl (C=O) groups excluding carboxylic acids is 1. The monoisotopic (exact) mass is 333 g/mol. The van der Waals surface area contributed by atoms with Gasteiger partial charge in [-0.1, -0.05) is 11.6 Å². The molecule has 0 radical (unpaired) electrons. The molecule has 0 N–H and O–H groups in total. The fraction of sp³-hybridized carbons (Fsp3) is 0.421. The van der Waals surface area contributed by atoms with E-state index < -0.39 is 0 Å². The Labute approximate surface area is 143 Å². The SMILES string of the molecule is Cc1cc(OCC(=O)c2cc(C)n(C(C)(C)C)c2C)ccc1Cl. The Morgan fingerprint density at radius 1 is 1.17 bits per heavy atom. The quantitative estimate of drug-likeness (QED) is 0.730. The van der Waals surface area contributed by atoms with Gasteiger partial charge in [-0.15, -0.1) is 0 Å². The number of aromatic nitrogens is 1. The number of nitrogens with zero attached hydrogens (tertiary/aromatic N) is 1. The van der Waals surface area contributed by atoms with Crippen molar-refractivity contribution in [3.8, 4) is 5.75 Å². The summed E-state index contributed by atoms with van der Waals surface area (Å²) in [5.41, 5.74) is 3.67. The first-order valence-corrected chi connectivity index (χ1v) is 8.10. The van der Waals surface area contributed by atoms with E-state index in [0.29, 0.717) is 10.8 Å². The second-order valence-corrected chi connectivity index (χ2v) is 7.32. The highest BCUT2D eigenvalue weighted by molar-refractivity contribution is 6.31. The van der Waals surface area contributed by atoms with Crippen LogP contribution in [0.5, 0.6) is 5.75 Å². The zero-order valence-corrected chi connectivity index (χ0v) is 15.4. The maximum Gasteiger partial charge on any atom is 0.202 e. The Hall–Kier alpha value is -1.74. The van der Waals surface area contributed by atoms with Gasteiger partial charge in [0.25, 0.3) is 0 Å². The van der Waals surface area contributed by atoms with Gasteiger partial charge in [0.05, 0.1) is 0 Å². The Kier molecular flexibility index (Phi) is 4.90. The molecule has 0 saturated carbocycles. The van der Waals surface area contributed by atoms with Crippen LogP contribution >= 0.6 is 11.6 Å². The molecular formula is C19H24ClNO2. The van der Waals surface area contributed by atoms with E-state index in [0.717, 1.165) is 22.5 Å². The minimum atomic E-state index is -0.0547. The minimum Gasteiger partial charge on any atom is -0.485 e. The van der Waals surface area contributed by atoms with Crippen molar-refractivity contribution in [3.05, 3.63) is 51.8 Å². The van der Waals surface area contributed by atoms with Crippen LogP contribution in [0.15, 0.2) is 24.3 Å². The lowest BCUT2D eigenvalue weighted by Crippen LogP contribution is -2.24. The van der Waals surface area contributed by atoms with Gasteiger partial charge in [0.1, 0.15) is 5.75 Å². The zero-order chi connectivity index (χ0) is 17.4. The summed E-state index contributed by atoms with van der Waals surface area (Å²) in [4.78, 5) is 12.5. The third-order valence-electron chi connectivity index (χ3n) is 3.90. The van der Waals surface area contributed by atoms with Gasteiger partial charge in [0.2, 0.25) is 5.78 Å². The highest BCUT2D eigenvalue weighted by Crippen LogP contribution is 2.25. The highest BCUT2D eigenvalue weighted by Gasteiger charge is 2.22. The lowest BCUT2D eigenvalue weighted by Gasteiger charge is -2.25. The molecule has 0 unspecified atom stereocenters. The summed E-state index contributed by atoms with van der Waals surface area (Å²) in [7, 11) is 0. The molecule has 2 rings (SSSR count). The van der Waals surface area contributed by atoms with Crippen LogP contribution in [0.25, 0.3) is 0 Å². The third-order valence-corrected chi connectivity index (χ3v) is 4.33. The van der Waals surface area contributed by atoms with Crippen molar-refractivity contribution in [2.24, 2.45) is 0 Å². The topological polar surface area (TPSA) is 31.2 Å². The molecule has 2 aromatic rings. The van der Waals surface area contributed by atoms with Crippen LogP contribution in [-0.4, -0.2) is 17.0 Å². The van der Waals surface area contributed by atoms with E-state index in [1.54, 1.807) is 12.1 Å². The summed E-state index contributed by atoms with van der Waals surface area (Å²) in [6.07, 6.45) is 0. The lowest BCUT2D eigenvalue weighted by molar-refractivity contribution is 0.0920. The number of halogens is 1. The molecule has 3 nitrogen and oxygen atoms in total. The van der Waals surface area contributed by atoms with Crippen LogP contribution in [-0.2, 0) is 5.54 Å². The van der Waals surface area contributed by atoms with Crippen LogP contribution in [0.3, 0.4) is 0 Å². The van der Waals surface area contributed by atoms with Gasteiger partial charge < -0.3 is 9.30 Å². The molecule has 0 saturated heterocycles. The maximum absolute atomic E-state index is 12.5. The summed E-state index contributed by atoms with van der Waals surface area (Å²) < 4.78 is 7.82. The van der Waals surface area contributed by atoms with Crippen molar-refractivity contribution in [2.45, 2.75) is 47.1 Å². The molecule has 1 aromatic carbocycles. The fourth-order valence-electron chi connectivity index (χ4n) is 3.01. The van der Waals surface area contributed by atoms with E-state index >= 15 is 0 Å². The molecule has 0 spiro atoms. The Bertz CT molecular complexity index is 739. The molecule has 0 atom stereocenters. The van der Waals surface area contributed by atoms with Crippen LogP contribution in [0.2, 0.25) is 5.02 Å². The number of ketones is 1. The zero-order valence-electron chi connectivity index (χ0n) is 14.7. The molecule has 0 fully saturated rings. The predicted molar refractivity (Wildman–Crippen MR) is 94.9 cm³/mol. The second-order valence-electron chi connectivity index (χ2n) is 6.91. The second kappa shape index (κ2) is 6.40. The van der Waals surface area contributed by atoms with Crippen LogP contribution < -0.4 is 4.74 Å². The number of hydrogen-bond donors (Lipinski definition) is 0. The first-order valence-electron chi connectivity index (χ1n) is 7.73. The van der Waals surface area contributed by atoms with Gasteiger partial charge in [-0.25, -0.2) is 0 Å². The Morgan fingerprint density at radius 3 is 2.35 bits per heavy atom. The number of carbonyl (C=O) groups is 1. The number of benzene rings is 1. The number of rotatable bonds is 4. The smallest absolute Gasteiger partial charge is 0.202 e. The van der Waals surface area contributed by atoms with Gasteiger partial charge in [-0.2, -0.15) is 0 Å². The third kappa shape index (κ3) is 3.78. The highest BCUT2D eigenvalue weighted by atomic mass is 35.5. The average molecular weight is 334 g/mol. The number of Topliss-reactive ketones (excluding diaryl/α,β-unsaturated/α-hetero) is 1. The summed E-state index contributed by atoms with van der Waals surface area (Å²) in [6, 6.07) is 7.34. The molecule has 0 amide bonds. The van der Waals surface area contributed by atoms with Crippen molar-refractivity contribution in [1.29, 1.82) is 0 Å². The largest absolute Gasteiger partial charge is 0.485 e. The maximum atomic E-state index is 12.5. The van der Waals surface area contributed by atoms with Crippen LogP contribution in [0.1, 0.15) is 48.1 Å². The van der Waals surface area contributed by atoms with E-state index in [1.165, 1.54) is 0 Å². The molecule has 0 bridgehead atoms. The standard InChI is InChI=1S/C19H24ClNO2/c1-12-9-15(7-8-17(12)20)23-11-18(22)16-10-13(2)21(14(16)3)19(4,5)6/h7-10H,11H2,1-6H3. The fourth-order valence-corrected chi connectivity index (χ4v) is 3.13. The van der Waals surface area contributed by atoms with Crippen molar-refractivity contribution in [1.82, 2.24) is 4.57 Å². The van der Waals surface area contributed by atoms with Gasteiger partial charge in [-0.05, 0) is 71.4 Å². The molecule has 0 aliphatic carbocycles. The molecule has 0 aliphatic rings. The van der Waals surface area contributed by atoms with E-state index in [2.05, 4.69) is 25.3 Å². The number of aryl methyl sites for hydroxylation is 2. The number of hydrogen-bond acceptors (Lipinski definition) is 2. The lowest BCUT2D eigenvalue weighted by atomic mass is 10.1.